The average Bonchev–Trinajstić information content (AvgIpc) is 2.83. The fraction of sp³-hybridized carbons (Fsp3) is 0.208. The lowest BCUT2D eigenvalue weighted by atomic mass is 9.98. The Bertz CT molecular complexity index is 1030. The first-order valence-electron chi connectivity index (χ1n) is 9.97. The summed E-state index contributed by atoms with van der Waals surface area (Å²) in [5, 5.41) is 2.93. The Hall–Kier alpha value is -3.51. The van der Waals surface area contributed by atoms with Crippen LogP contribution >= 0.6 is 0 Å². The number of hydrogen-bond donors (Lipinski definition) is 1. The van der Waals surface area contributed by atoms with E-state index in [-0.39, 0.29) is 11.7 Å². The maximum absolute atomic E-state index is 12.9. The van der Waals surface area contributed by atoms with Gasteiger partial charge in [0.1, 0.15) is 5.82 Å². The molecule has 2 heterocycles. The molecule has 6 nitrogen and oxygen atoms in total. The van der Waals surface area contributed by atoms with Gasteiger partial charge in [0.15, 0.2) is 5.78 Å². The summed E-state index contributed by atoms with van der Waals surface area (Å²) in [6.07, 6.45) is 1.75. The minimum atomic E-state index is -0.278. The largest absolute Gasteiger partial charge is 0.378 e. The van der Waals surface area contributed by atoms with Crippen molar-refractivity contribution < 1.29 is 14.3 Å². The van der Waals surface area contributed by atoms with Gasteiger partial charge in [0.2, 0.25) is 0 Å². The normalized spacial score (nSPS) is 13.7. The van der Waals surface area contributed by atoms with Gasteiger partial charge in [0, 0.05) is 37.0 Å². The van der Waals surface area contributed by atoms with Crippen molar-refractivity contribution in [2.45, 2.75) is 6.54 Å². The van der Waals surface area contributed by atoms with Gasteiger partial charge in [-0.2, -0.15) is 0 Å². The van der Waals surface area contributed by atoms with E-state index in [2.05, 4.69) is 15.2 Å². The number of nitrogens with zero attached hydrogens (tertiary/aromatic N) is 2. The van der Waals surface area contributed by atoms with E-state index < -0.39 is 0 Å². The van der Waals surface area contributed by atoms with Crippen molar-refractivity contribution in [3.05, 3.63) is 95.2 Å². The van der Waals surface area contributed by atoms with Crippen LogP contribution in [0, 0.1) is 0 Å². The van der Waals surface area contributed by atoms with Crippen molar-refractivity contribution in [3.63, 3.8) is 0 Å². The zero-order chi connectivity index (χ0) is 20.8. The first kappa shape index (κ1) is 19.8. The predicted molar refractivity (Wildman–Crippen MR) is 115 cm³/mol. The molecule has 30 heavy (non-hydrogen) atoms. The second-order valence-corrected chi connectivity index (χ2v) is 7.05. The molecule has 152 valence electrons. The van der Waals surface area contributed by atoms with Crippen LogP contribution in [0.1, 0.15) is 31.8 Å². The first-order valence-corrected chi connectivity index (χ1v) is 9.97. The van der Waals surface area contributed by atoms with Crippen molar-refractivity contribution in [1.82, 2.24) is 10.3 Å². The van der Waals surface area contributed by atoms with Crippen LogP contribution in [0.2, 0.25) is 0 Å². The molecule has 1 aliphatic rings. The van der Waals surface area contributed by atoms with Crippen molar-refractivity contribution in [3.8, 4) is 0 Å². The maximum atomic E-state index is 12.9. The number of morpholine rings is 1. The van der Waals surface area contributed by atoms with Gasteiger partial charge in [0.25, 0.3) is 5.91 Å². The highest BCUT2D eigenvalue weighted by Gasteiger charge is 2.18. The summed E-state index contributed by atoms with van der Waals surface area (Å²) in [5.41, 5.74) is 2.27. The number of ether oxygens (including phenoxy) is 1. The molecule has 3 aromatic rings. The van der Waals surface area contributed by atoms with E-state index in [4.69, 9.17) is 4.74 Å². The van der Waals surface area contributed by atoms with E-state index in [1.54, 1.807) is 42.6 Å². The lowest BCUT2D eigenvalue weighted by molar-refractivity contribution is 0.0939. The number of carbonyl (C=O) groups is 2. The summed E-state index contributed by atoms with van der Waals surface area (Å²) in [6, 6.07) is 19.7. The number of ketones is 1. The highest BCUT2D eigenvalue weighted by Crippen LogP contribution is 2.17. The van der Waals surface area contributed by atoms with E-state index in [1.807, 2.05) is 30.3 Å². The summed E-state index contributed by atoms with van der Waals surface area (Å²) in [5.74, 6) is 0.434. The Balaban J connectivity index is 1.47. The molecule has 0 unspecified atom stereocenters. The highest BCUT2D eigenvalue weighted by molar-refractivity contribution is 6.15. The van der Waals surface area contributed by atoms with Crippen LogP contribution in [-0.4, -0.2) is 43.0 Å². The number of nitrogens with one attached hydrogen (secondary N) is 1. The van der Waals surface area contributed by atoms with Crippen LogP contribution in [0.25, 0.3) is 0 Å². The van der Waals surface area contributed by atoms with Gasteiger partial charge < -0.3 is 15.0 Å². The molecule has 0 radical (unpaired) electrons. The second-order valence-electron chi connectivity index (χ2n) is 7.05. The van der Waals surface area contributed by atoms with E-state index in [9.17, 15) is 9.59 Å². The van der Waals surface area contributed by atoms with Gasteiger partial charge in [0.05, 0.1) is 18.8 Å². The van der Waals surface area contributed by atoms with Crippen LogP contribution in [0.4, 0.5) is 5.82 Å². The molecular weight excluding hydrogens is 378 g/mol. The molecule has 0 bridgehead atoms. The van der Waals surface area contributed by atoms with Crippen LogP contribution in [0.15, 0.2) is 72.9 Å². The molecule has 1 aromatic heterocycles. The zero-order valence-corrected chi connectivity index (χ0v) is 16.6. The third kappa shape index (κ3) is 4.55. The van der Waals surface area contributed by atoms with Gasteiger partial charge in [-0.25, -0.2) is 4.98 Å². The van der Waals surface area contributed by atoms with Crippen LogP contribution in [0.3, 0.4) is 0 Å². The summed E-state index contributed by atoms with van der Waals surface area (Å²) < 4.78 is 5.39. The number of aromatic nitrogens is 1. The number of carbonyl (C=O) groups excluding carboxylic acids is 2. The fourth-order valence-electron chi connectivity index (χ4n) is 3.44. The molecule has 1 amide bonds. The third-order valence-electron chi connectivity index (χ3n) is 5.05. The Morgan fingerprint density at radius 3 is 2.40 bits per heavy atom. The molecule has 0 atom stereocenters. The summed E-state index contributed by atoms with van der Waals surface area (Å²) >= 11 is 0. The molecule has 0 aliphatic carbocycles. The maximum Gasteiger partial charge on any atom is 0.252 e. The lowest BCUT2D eigenvalue weighted by Crippen LogP contribution is -2.36. The van der Waals surface area contributed by atoms with Crippen LogP contribution < -0.4 is 10.2 Å². The van der Waals surface area contributed by atoms with E-state index in [1.165, 1.54) is 0 Å². The monoisotopic (exact) mass is 401 g/mol. The first-order chi connectivity index (χ1) is 14.7. The zero-order valence-electron chi connectivity index (χ0n) is 16.6. The quantitative estimate of drug-likeness (QED) is 0.643. The van der Waals surface area contributed by atoms with Gasteiger partial charge in [-0.3, -0.25) is 9.59 Å². The molecule has 1 aliphatic heterocycles. The van der Waals surface area contributed by atoms with E-state index in [0.717, 1.165) is 24.5 Å². The standard InChI is InChI=1S/C24H23N3O3/c28-23(19-6-2-1-3-7-19)20-8-4-5-9-21(20)24(29)26-17-18-10-11-25-22(16-18)27-12-14-30-15-13-27/h1-11,16H,12-15,17H2,(H,26,29). The van der Waals surface area contributed by atoms with Gasteiger partial charge >= 0.3 is 0 Å². The number of hydrogen-bond acceptors (Lipinski definition) is 5. The van der Waals surface area contributed by atoms with Crippen molar-refractivity contribution in [1.29, 1.82) is 0 Å². The van der Waals surface area contributed by atoms with Gasteiger partial charge in [-0.15, -0.1) is 0 Å². The summed E-state index contributed by atoms with van der Waals surface area (Å²) in [4.78, 5) is 32.3. The molecule has 1 N–H and O–H groups in total. The Morgan fingerprint density at radius 1 is 0.933 bits per heavy atom. The van der Waals surface area contributed by atoms with Crippen LogP contribution in [-0.2, 0) is 11.3 Å². The number of rotatable bonds is 6. The summed E-state index contributed by atoms with van der Waals surface area (Å²) in [7, 11) is 0. The summed E-state index contributed by atoms with van der Waals surface area (Å²) in [6.45, 7) is 3.34. The highest BCUT2D eigenvalue weighted by atomic mass is 16.5. The van der Waals surface area contributed by atoms with Crippen LogP contribution in [0.5, 0.6) is 0 Å². The van der Waals surface area contributed by atoms with Crippen molar-refractivity contribution in [2.75, 3.05) is 31.2 Å². The molecule has 1 saturated heterocycles. The number of pyridine rings is 1. The molecule has 0 saturated carbocycles. The Labute approximate surface area is 175 Å². The Kier molecular flexibility index (Phi) is 6.15. The third-order valence-corrected chi connectivity index (χ3v) is 5.05. The van der Waals surface area contributed by atoms with E-state index in [0.29, 0.717) is 36.4 Å². The van der Waals surface area contributed by atoms with E-state index >= 15 is 0 Å². The average molecular weight is 401 g/mol. The van der Waals surface area contributed by atoms with Crippen molar-refractivity contribution in [2.24, 2.45) is 0 Å². The van der Waals surface area contributed by atoms with Gasteiger partial charge in [-0.05, 0) is 23.8 Å². The molecule has 6 heteroatoms. The molecule has 4 rings (SSSR count). The molecule has 2 aromatic carbocycles. The SMILES string of the molecule is O=C(NCc1ccnc(N2CCOCC2)c1)c1ccccc1C(=O)c1ccccc1. The Morgan fingerprint density at radius 2 is 1.63 bits per heavy atom. The molecule has 0 spiro atoms. The topological polar surface area (TPSA) is 71.5 Å². The smallest absolute Gasteiger partial charge is 0.252 e. The molecule has 1 fully saturated rings. The number of amides is 1. The molecular formula is C24H23N3O3. The lowest BCUT2D eigenvalue weighted by Gasteiger charge is -2.28. The van der Waals surface area contributed by atoms with Crippen molar-refractivity contribution >= 4 is 17.5 Å². The number of benzene rings is 2. The minimum Gasteiger partial charge on any atom is -0.378 e. The predicted octanol–water partition coefficient (Wildman–Crippen LogP) is 3.08. The van der Waals surface area contributed by atoms with Gasteiger partial charge in [-0.1, -0.05) is 48.5 Å². The number of anilines is 1. The second kappa shape index (κ2) is 9.33. The fourth-order valence-corrected chi connectivity index (χ4v) is 3.44. The minimum absolute atomic E-state index is 0.167.